The van der Waals surface area contributed by atoms with Gasteiger partial charge < -0.3 is 5.11 Å². The highest BCUT2D eigenvalue weighted by Gasteiger charge is 2.48. The number of aliphatic hydroxyl groups is 1. The third-order valence-corrected chi connectivity index (χ3v) is 3.62. The van der Waals surface area contributed by atoms with Gasteiger partial charge in [-0.05, 0) is 25.7 Å². The predicted octanol–water partition coefficient (Wildman–Crippen LogP) is 1.13. The Bertz CT molecular complexity index is 257. The number of hydrogen-bond donors (Lipinski definition) is 1. The van der Waals surface area contributed by atoms with Crippen LogP contribution in [0.1, 0.15) is 39.0 Å². The van der Waals surface area contributed by atoms with Gasteiger partial charge in [-0.15, -0.1) is 0 Å². The van der Waals surface area contributed by atoms with Crippen LogP contribution >= 0.6 is 0 Å². The summed E-state index contributed by atoms with van der Waals surface area (Å²) in [4.78, 5) is 17.8. The summed E-state index contributed by atoms with van der Waals surface area (Å²) in [6.45, 7) is 3.06. The molecule has 3 unspecified atom stereocenters. The smallest absolute Gasteiger partial charge is 0.140 e. The van der Waals surface area contributed by atoms with Crippen LogP contribution in [0.5, 0.6) is 0 Å². The fourth-order valence-corrected chi connectivity index (χ4v) is 2.94. The van der Waals surface area contributed by atoms with Crippen molar-refractivity contribution in [3.8, 4) is 0 Å². The molecular weight excluding hydrogens is 206 g/mol. The number of nitrogens with zero attached hydrogens (tertiary/aromatic N) is 1. The van der Waals surface area contributed by atoms with Gasteiger partial charge in [0.1, 0.15) is 5.78 Å². The average molecular weight is 227 g/mol. The molecule has 4 heteroatoms. The lowest BCUT2D eigenvalue weighted by Gasteiger charge is -2.18. The van der Waals surface area contributed by atoms with Gasteiger partial charge in [0.2, 0.25) is 0 Å². The largest absolute Gasteiger partial charge is 0.396 e. The Labute approximate surface area is 96.5 Å². The molecule has 2 aliphatic heterocycles. The minimum absolute atomic E-state index is 0.00500. The van der Waals surface area contributed by atoms with Gasteiger partial charge in [0.15, 0.2) is 0 Å². The van der Waals surface area contributed by atoms with E-state index >= 15 is 0 Å². The number of carbonyl (C=O) groups is 1. The summed E-state index contributed by atoms with van der Waals surface area (Å²) in [6.07, 6.45) is 4.20. The summed E-state index contributed by atoms with van der Waals surface area (Å²) < 4.78 is 0. The number of rotatable bonds is 5. The quantitative estimate of drug-likeness (QED) is 0.765. The Morgan fingerprint density at radius 1 is 1.56 bits per heavy atom. The molecule has 0 bridgehead atoms. The van der Waals surface area contributed by atoms with E-state index in [1.165, 1.54) is 0 Å². The van der Waals surface area contributed by atoms with Crippen LogP contribution in [0.2, 0.25) is 0 Å². The van der Waals surface area contributed by atoms with E-state index in [-0.39, 0.29) is 24.7 Å². The standard InChI is InChI=1S/C12H21NO3/c1-2-4-10(15)12-9-5-3-7-13(9)16-11(12)6-8-14/h9,11-12,14H,2-8H2,1H3. The van der Waals surface area contributed by atoms with Crippen molar-refractivity contribution in [2.75, 3.05) is 13.2 Å². The molecule has 1 N–H and O–H groups in total. The van der Waals surface area contributed by atoms with Gasteiger partial charge in [0.05, 0.1) is 12.0 Å². The number of hydrogen-bond acceptors (Lipinski definition) is 4. The van der Waals surface area contributed by atoms with E-state index in [2.05, 4.69) is 0 Å². The van der Waals surface area contributed by atoms with Crippen LogP contribution in [0.4, 0.5) is 0 Å². The van der Waals surface area contributed by atoms with Crippen LogP contribution in [-0.4, -0.2) is 41.3 Å². The topological polar surface area (TPSA) is 49.8 Å². The Balaban J connectivity index is 2.06. The number of carbonyl (C=O) groups excluding carboxylic acids is 1. The summed E-state index contributed by atoms with van der Waals surface area (Å²) in [5.41, 5.74) is 0. The lowest BCUT2D eigenvalue weighted by molar-refractivity contribution is -0.152. The van der Waals surface area contributed by atoms with E-state index in [0.29, 0.717) is 18.6 Å². The highest BCUT2D eigenvalue weighted by Crippen LogP contribution is 2.37. The van der Waals surface area contributed by atoms with E-state index in [4.69, 9.17) is 9.94 Å². The molecule has 92 valence electrons. The van der Waals surface area contributed by atoms with Crippen molar-refractivity contribution in [3.63, 3.8) is 0 Å². The molecule has 0 aromatic rings. The van der Waals surface area contributed by atoms with Crippen LogP contribution in [0, 0.1) is 5.92 Å². The first-order valence-electron chi connectivity index (χ1n) is 6.35. The molecule has 0 aromatic heterocycles. The first-order valence-corrected chi connectivity index (χ1v) is 6.35. The van der Waals surface area contributed by atoms with Gasteiger partial charge in [0, 0.05) is 25.6 Å². The van der Waals surface area contributed by atoms with Crippen molar-refractivity contribution >= 4 is 5.78 Å². The molecule has 2 saturated heterocycles. The van der Waals surface area contributed by atoms with Gasteiger partial charge >= 0.3 is 0 Å². The molecule has 0 aliphatic carbocycles. The number of hydroxylamine groups is 2. The molecule has 0 spiro atoms. The first-order chi connectivity index (χ1) is 7.77. The van der Waals surface area contributed by atoms with Crippen LogP contribution in [-0.2, 0) is 9.63 Å². The van der Waals surface area contributed by atoms with Crippen molar-refractivity contribution in [1.29, 1.82) is 0 Å². The predicted molar refractivity (Wildman–Crippen MR) is 59.7 cm³/mol. The minimum Gasteiger partial charge on any atom is -0.396 e. The van der Waals surface area contributed by atoms with Gasteiger partial charge in [-0.1, -0.05) is 6.92 Å². The number of ketones is 1. The van der Waals surface area contributed by atoms with Crippen molar-refractivity contribution in [3.05, 3.63) is 0 Å². The van der Waals surface area contributed by atoms with E-state index < -0.39 is 0 Å². The van der Waals surface area contributed by atoms with Crippen LogP contribution in [0.25, 0.3) is 0 Å². The van der Waals surface area contributed by atoms with Crippen molar-refractivity contribution < 1.29 is 14.7 Å². The van der Waals surface area contributed by atoms with Crippen molar-refractivity contribution in [2.45, 2.75) is 51.2 Å². The lowest BCUT2D eigenvalue weighted by atomic mass is 9.86. The Hall–Kier alpha value is -0.450. The van der Waals surface area contributed by atoms with E-state index in [9.17, 15) is 4.79 Å². The highest BCUT2D eigenvalue weighted by atomic mass is 16.7. The summed E-state index contributed by atoms with van der Waals surface area (Å²) in [6, 6.07) is 0.274. The second-order valence-electron chi connectivity index (χ2n) is 4.75. The second-order valence-corrected chi connectivity index (χ2v) is 4.75. The number of Topliss-reactive ketones (excluding diaryl/α,β-unsaturated/α-hetero) is 1. The maximum Gasteiger partial charge on any atom is 0.140 e. The molecule has 0 radical (unpaired) electrons. The Morgan fingerprint density at radius 3 is 3.06 bits per heavy atom. The third kappa shape index (κ3) is 2.14. The molecule has 2 aliphatic rings. The van der Waals surface area contributed by atoms with Crippen molar-refractivity contribution in [2.24, 2.45) is 5.92 Å². The van der Waals surface area contributed by atoms with E-state index in [1.54, 1.807) is 0 Å². The number of aliphatic hydroxyl groups excluding tert-OH is 1. The fraction of sp³-hybridized carbons (Fsp3) is 0.917. The zero-order chi connectivity index (χ0) is 11.5. The lowest BCUT2D eigenvalue weighted by Crippen LogP contribution is -2.33. The summed E-state index contributed by atoms with van der Waals surface area (Å²) >= 11 is 0. The zero-order valence-electron chi connectivity index (χ0n) is 9.89. The van der Waals surface area contributed by atoms with Gasteiger partial charge in [0.25, 0.3) is 0 Å². The van der Waals surface area contributed by atoms with E-state index in [0.717, 1.165) is 25.8 Å². The van der Waals surface area contributed by atoms with Gasteiger partial charge in [-0.2, -0.15) is 5.06 Å². The third-order valence-electron chi connectivity index (χ3n) is 3.62. The Kier molecular flexibility index (Phi) is 3.95. The van der Waals surface area contributed by atoms with Crippen LogP contribution in [0.15, 0.2) is 0 Å². The minimum atomic E-state index is -0.0886. The molecule has 2 rings (SSSR count). The summed E-state index contributed by atoms with van der Waals surface area (Å²) in [5, 5.41) is 11.0. The summed E-state index contributed by atoms with van der Waals surface area (Å²) in [7, 11) is 0. The van der Waals surface area contributed by atoms with E-state index in [1.807, 2.05) is 12.0 Å². The molecule has 0 saturated carbocycles. The molecule has 3 atom stereocenters. The van der Waals surface area contributed by atoms with Crippen LogP contribution in [0.3, 0.4) is 0 Å². The van der Waals surface area contributed by atoms with Crippen molar-refractivity contribution in [1.82, 2.24) is 5.06 Å². The molecule has 4 nitrogen and oxygen atoms in total. The number of fused-ring (bicyclic) bond motifs is 1. The van der Waals surface area contributed by atoms with Gasteiger partial charge in [-0.3, -0.25) is 9.63 Å². The second kappa shape index (κ2) is 5.25. The summed E-state index contributed by atoms with van der Waals surface area (Å²) in [5.74, 6) is 0.310. The molecule has 0 aromatic carbocycles. The first kappa shape index (κ1) is 12.0. The Morgan fingerprint density at radius 2 is 2.38 bits per heavy atom. The maximum atomic E-state index is 12.1. The zero-order valence-corrected chi connectivity index (χ0v) is 9.89. The average Bonchev–Trinajstić information content (AvgIpc) is 2.77. The van der Waals surface area contributed by atoms with Crippen LogP contribution < -0.4 is 0 Å². The normalized spacial score (nSPS) is 34.2. The molecule has 0 amide bonds. The molecule has 16 heavy (non-hydrogen) atoms. The fourth-order valence-electron chi connectivity index (χ4n) is 2.94. The highest BCUT2D eigenvalue weighted by molar-refractivity contribution is 5.82. The molecule has 2 heterocycles. The molecular formula is C12H21NO3. The monoisotopic (exact) mass is 227 g/mol. The maximum absolute atomic E-state index is 12.1. The SMILES string of the molecule is CCCC(=O)C1C(CCO)ON2CCCC12. The van der Waals surface area contributed by atoms with Gasteiger partial charge in [-0.25, -0.2) is 0 Å². The molecule has 2 fully saturated rings.